The van der Waals surface area contributed by atoms with Crippen molar-refractivity contribution in [3.8, 4) is 10.8 Å². The lowest BCUT2D eigenvalue weighted by atomic mass is 10.2. The summed E-state index contributed by atoms with van der Waals surface area (Å²) in [6.45, 7) is 4.09. The van der Waals surface area contributed by atoms with Crippen molar-refractivity contribution in [1.29, 1.82) is 0 Å². The van der Waals surface area contributed by atoms with E-state index in [2.05, 4.69) is 17.1 Å². The van der Waals surface area contributed by atoms with Gasteiger partial charge in [0, 0.05) is 0 Å². The molecule has 0 aliphatic carbocycles. The molecule has 0 saturated carbocycles. The Kier molecular flexibility index (Phi) is 5.81. The molecule has 0 aliphatic heterocycles. The number of aryl methyl sites for hydroxylation is 1. The van der Waals surface area contributed by atoms with E-state index < -0.39 is 0 Å². The highest BCUT2D eigenvalue weighted by Gasteiger charge is 2.23. The van der Waals surface area contributed by atoms with Gasteiger partial charge in [0.05, 0.1) is 12.0 Å². The maximum atomic E-state index is 11.8. The highest BCUT2D eigenvalue weighted by molar-refractivity contribution is 8.00. The second-order valence-corrected chi connectivity index (χ2v) is 6.65. The number of rotatable bonds is 7. The number of hydrogen-bond acceptors (Lipinski definition) is 7. The van der Waals surface area contributed by atoms with Gasteiger partial charge >= 0.3 is 5.97 Å². The maximum Gasteiger partial charge on any atom is 0.319 e. The summed E-state index contributed by atoms with van der Waals surface area (Å²) in [6, 6.07) is 2.01. The van der Waals surface area contributed by atoms with Gasteiger partial charge in [-0.15, -0.1) is 21.5 Å². The molecule has 0 aliphatic rings. The van der Waals surface area contributed by atoms with Crippen molar-refractivity contribution in [2.24, 2.45) is 0 Å². The molecule has 2 aromatic rings. The third-order valence-corrected chi connectivity index (χ3v) is 5.07. The predicted molar refractivity (Wildman–Crippen MR) is 83.5 cm³/mol. The summed E-state index contributed by atoms with van der Waals surface area (Å²) in [4.78, 5) is 12.8. The lowest BCUT2D eigenvalue weighted by Crippen LogP contribution is -2.18. The van der Waals surface area contributed by atoms with Gasteiger partial charge in [-0.25, -0.2) is 0 Å². The van der Waals surface area contributed by atoms with Crippen LogP contribution in [0.5, 0.6) is 0 Å². The van der Waals surface area contributed by atoms with Gasteiger partial charge < -0.3 is 9.15 Å². The molecule has 0 amide bonds. The molecular weight excluding hydrogens is 308 g/mol. The molecule has 0 radical (unpaired) electrons. The van der Waals surface area contributed by atoms with Crippen LogP contribution in [-0.2, 0) is 9.53 Å². The van der Waals surface area contributed by atoms with E-state index in [0.717, 1.165) is 29.7 Å². The zero-order chi connectivity index (χ0) is 15.2. The average Bonchev–Trinajstić information content (AvgIpc) is 3.11. The number of carbonyl (C=O) groups is 1. The van der Waals surface area contributed by atoms with Gasteiger partial charge in [-0.2, -0.15) is 0 Å². The van der Waals surface area contributed by atoms with Gasteiger partial charge in [-0.3, -0.25) is 4.79 Å². The molecule has 0 spiro atoms. The van der Waals surface area contributed by atoms with Crippen LogP contribution in [0.2, 0.25) is 0 Å². The summed E-state index contributed by atoms with van der Waals surface area (Å²) in [7, 11) is 1.40. The van der Waals surface area contributed by atoms with E-state index in [-0.39, 0.29) is 11.2 Å². The summed E-state index contributed by atoms with van der Waals surface area (Å²) in [5.74, 6) is 0.254. The summed E-state index contributed by atoms with van der Waals surface area (Å²) >= 11 is 2.84. The third-order valence-electron chi connectivity index (χ3n) is 2.99. The number of unbranched alkanes of at least 4 members (excludes halogenated alkanes) is 1. The summed E-state index contributed by atoms with van der Waals surface area (Å²) in [5.41, 5.74) is 1.11. The first-order chi connectivity index (χ1) is 10.2. The normalized spacial score (nSPS) is 12.3. The monoisotopic (exact) mass is 326 g/mol. The first-order valence-electron chi connectivity index (χ1n) is 6.78. The number of thiophene rings is 1. The number of thioether (sulfide) groups is 1. The number of hydrogen-bond donors (Lipinski definition) is 0. The Morgan fingerprint density at radius 2 is 2.33 bits per heavy atom. The smallest absolute Gasteiger partial charge is 0.319 e. The van der Waals surface area contributed by atoms with Crippen LogP contribution in [0.15, 0.2) is 21.1 Å². The van der Waals surface area contributed by atoms with Crippen LogP contribution >= 0.6 is 23.1 Å². The van der Waals surface area contributed by atoms with Crippen LogP contribution in [-0.4, -0.2) is 28.5 Å². The molecule has 0 fully saturated rings. The Morgan fingerprint density at radius 3 is 2.95 bits per heavy atom. The largest absolute Gasteiger partial charge is 0.468 e. The fourth-order valence-electron chi connectivity index (χ4n) is 1.81. The molecule has 5 nitrogen and oxygen atoms in total. The van der Waals surface area contributed by atoms with E-state index in [1.807, 2.05) is 18.4 Å². The number of aromatic nitrogens is 2. The quantitative estimate of drug-likeness (QED) is 0.567. The Hall–Kier alpha value is -1.34. The Bertz CT molecular complexity index is 595. The summed E-state index contributed by atoms with van der Waals surface area (Å²) in [6.07, 6.45) is 2.72. The highest BCUT2D eigenvalue weighted by atomic mass is 32.2. The van der Waals surface area contributed by atoms with Crippen LogP contribution in [0.1, 0.15) is 31.7 Å². The second kappa shape index (κ2) is 7.61. The minimum absolute atomic E-state index is 0.250. The van der Waals surface area contributed by atoms with Crippen molar-refractivity contribution >= 4 is 29.1 Å². The van der Waals surface area contributed by atoms with Crippen LogP contribution < -0.4 is 0 Å². The van der Waals surface area contributed by atoms with Gasteiger partial charge in [0.2, 0.25) is 0 Å². The molecule has 114 valence electrons. The molecule has 2 rings (SSSR count). The molecule has 7 heteroatoms. The number of ether oxygens (including phenoxy) is 1. The van der Waals surface area contributed by atoms with Crippen molar-refractivity contribution in [1.82, 2.24) is 10.2 Å². The van der Waals surface area contributed by atoms with Crippen LogP contribution in [0.3, 0.4) is 0 Å². The molecule has 2 aromatic heterocycles. The number of carbonyl (C=O) groups excluding carboxylic acids is 1. The first kappa shape index (κ1) is 16.0. The summed E-state index contributed by atoms with van der Waals surface area (Å²) in [5, 5.41) is 10.2. The van der Waals surface area contributed by atoms with E-state index >= 15 is 0 Å². The number of nitrogens with zero attached hydrogens (tertiary/aromatic N) is 2. The minimum atomic E-state index is -0.298. The molecule has 1 unspecified atom stereocenters. The second-order valence-electron chi connectivity index (χ2n) is 4.58. The van der Waals surface area contributed by atoms with Gasteiger partial charge in [0.1, 0.15) is 5.25 Å². The van der Waals surface area contributed by atoms with E-state index in [4.69, 9.17) is 9.15 Å². The van der Waals surface area contributed by atoms with Crippen molar-refractivity contribution in [2.75, 3.05) is 7.11 Å². The van der Waals surface area contributed by atoms with E-state index in [1.54, 1.807) is 11.3 Å². The number of methoxy groups -OCH3 is 1. The maximum absolute atomic E-state index is 11.8. The van der Waals surface area contributed by atoms with Gasteiger partial charge in [-0.1, -0.05) is 31.5 Å². The standard InChI is InChI=1S/C14H18N2O3S2/c1-4-5-6-10(13(17)18-3)21-14-16-15-12(19-14)11-9(2)7-8-20-11/h7-8,10H,4-6H2,1-3H3. The van der Waals surface area contributed by atoms with Gasteiger partial charge in [0.15, 0.2) is 0 Å². The van der Waals surface area contributed by atoms with E-state index in [1.165, 1.54) is 18.9 Å². The van der Waals surface area contributed by atoms with Crippen molar-refractivity contribution in [2.45, 2.75) is 43.6 Å². The van der Waals surface area contributed by atoms with Gasteiger partial charge in [0.25, 0.3) is 11.1 Å². The lowest BCUT2D eigenvalue weighted by molar-refractivity contribution is -0.140. The molecule has 21 heavy (non-hydrogen) atoms. The fourth-order valence-corrected chi connectivity index (χ4v) is 3.59. The average molecular weight is 326 g/mol. The molecule has 2 heterocycles. The van der Waals surface area contributed by atoms with Crippen LogP contribution in [0.4, 0.5) is 0 Å². The molecule has 0 saturated heterocycles. The fraction of sp³-hybridized carbons (Fsp3) is 0.500. The van der Waals surface area contributed by atoms with Crippen LogP contribution in [0.25, 0.3) is 10.8 Å². The minimum Gasteiger partial charge on any atom is -0.468 e. The summed E-state index contributed by atoms with van der Waals surface area (Å²) < 4.78 is 10.5. The predicted octanol–water partition coefficient (Wildman–Crippen LogP) is 3.93. The SMILES string of the molecule is CCCCC(Sc1nnc(-c2sccc2C)o1)C(=O)OC. The van der Waals surface area contributed by atoms with E-state index in [9.17, 15) is 4.79 Å². The zero-order valence-corrected chi connectivity index (χ0v) is 13.9. The third kappa shape index (κ3) is 4.07. The molecule has 1 atom stereocenters. The Balaban J connectivity index is 2.09. The van der Waals surface area contributed by atoms with Crippen LogP contribution in [0, 0.1) is 6.92 Å². The first-order valence-corrected chi connectivity index (χ1v) is 8.54. The zero-order valence-electron chi connectivity index (χ0n) is 12.3. The molecular formula is C14H18N2O3S2. The molecule has 0 N–H and O–H groups in total. The lowest BCUT2D eigenvalue weighted by Gasteiger charge is -2.10. The molecule has 0 bridgehead atoms. The van der Waals surface area contributed by atoms with Crippen molar-refractivity contribution in [3.63, 3.8) is 0 Å². The van der Waals surface area contributed by atoms with Crippen molar-refractivity contribution < 1.29 is 13.9 Å². The number of esters is 1. The Labute approximate surface area is 132 Å². The van der Waals surface area contributed by atoms with E-state index in [0.29, 0.717) is 11.1 Å². The topological polar surface area (TPSA) is 65.2 Å². The Morgan fingerprint density at radius 1 is 1.52 bits per heavy atom. The van der Waals surface area contributed by atoms with Crippen molar-refractivity contribution in [3.05, 3.63) is 17.0 Å². The highest BCUT2D eigenvalue weighted by Crippen LogP contribution is 2.32. The molecule has 0 aromatic carbocycles. The van der Waals surface area contributed by atoms with Gasteiger partial charge in [-0.05, 0) is 30.4 Å².